The predicted octanol–water partition coefficient (Wildman–Crippen LogP) is 4.21. The van der Waals surface area contributed by atoms with Gasteiger partial charge in [0.1, 0.15) is 6.04 Å². The van der Waals surface area contributed by atoms with Crippen molar-refractivity contribution < 1.29 is 14.4 Å². The summed E-state index contributed by atoms with van der Waals surface area (Å²) >= 11 is 1.58. The van der Waals surface area contributed by atoms with E-state index >= 15 is 0 Å². The molecule has 2 unspecified atom stereocenters. The molecule has 0 bridgehead atoms. The molecule has 4 rings (SSSR count). The van der Waals surface area contributed by atoms with Gasteiger partial charge in [0, 0.05) is 37.9 Å². The summed E-state index contributed by atoms with van der Waals surface area (Å²) in [5.74, 6) is -0.106. The molecule has 40 heavy (non-hydrogen) atoms. The van der Waals surface area contributed by atoms with Crippen molar-refractivity contribution in [2.75, 3.05) is 26.2 Å². The highest BCUT2D eigenvalue weighted by Gasteiger charge is 2.30. The zero-order valence-electron chi connectivity index (χ0n) is 24.5. The number of aryl methyl sites for hydroxylation is 1. The van der Waals surface area contributed by atoms with Gasteiger partial charge in [-0.25, -0.2) is 4.98 Å². The van der Waals surface area contributed by atoms with Crippen LogP contribution in [0.5, 0.6) is 0 Å². The van der Waals surface area contributed by atoms with Gasteiger partial charge in [-0.05, 0) is 68.8 Å². The quantitative estimate of drug-likeness (QED) is 0.335. The maximum absolute atomic E-state index is 13.7. The summed E-state index contributed by atoms with van der Waals surface area (Å²) in [6.07, 6.45) is 9.57. The van der Waals surface area contributed by atoms with Crippen molar-refractivity contribution in [2.24, 2.45) is 11.8 Å². The number of amides is 3. The van der Waals surface area contributed by atoms with E-state index in [0.717, 1.165) is 67.0 Å². The summed E-state index contributed by atoms with van der Waals surface area (Å²) < 4.78 is 1.10. The SMILES string of the molecule is CCC(=O)N[C@@H](Cc1nc2ccc(CC)cc2s1)C(=O)NC(CNC(=O)C(C)CN1CCCC1)C1CCCCC1. The molecule has 0 radical (unpaired) electrons. The van der Waals surface area contributed by atoms with Gasteiger partial charge in [0.05, 0.1) is 15.2 Å². The van der Waals surface area contributed by atoms with Crippen LogP contribution < -0.4 is 16.0 Å². The highest BCUT2D eigenvalue weighted by atomic mass is 32.1. The van der Waals surface area contributed by atoms with Crippen molar-refractivity contribution in [1.29, 1.82) is 0 Å². The van der Waals surface area contributed by atoms with Crippen molar-refractivity contribution >= 4 is 39.3 Å². The summed E-state index contributed by atoms with van der Waals surface area (Å²) in [7, 11) is 0. The van der Waals surface area contributed by atoms with Crippen LogP contribution in [0.3, 0.4) is 0 Å². The lowest BCUT2D eigenvalue weighted by Crippen LogP contribution is -2.55. The second-order valence-corrected chi connectivity index (χ2v) is 12.7. The van der Waals surface area contributed by atoms with Crippen LogP contribution in [0.15, 0.2) is 18.2 Å². The van der Waals surface area contributed by atoms with E-state index in [-0.39, 0.29) is 29.7 Å². The molecule has 2 aromatic rings. The smallest absolute Gasteiger partial charge is 0.243 e. The van der Waals surface area contributed by atoms with E-state index in [1.54, 1.807) is 18.3 Å². The zero-order valence-corrected chi connectivity index (χ0v) is 25.3. The molecule has 2 aliphatic rings. The maximum Gasteiger partial charge on any atom is 0.243 e. The maximum atomic E-state index is 13.7. The Morgan fingerprint density at radius 3 is 2.48 bits per heavy atom. The van der Waals surface area contributed by atoms with Crippen molar-refractivity contribution in [1.82, 2.24) is 25.8 Å². The summed E-state index contributed by atoms with van der Waals surface area (Å²) in [6, 6.07) is 5.39. The van der Waals surface area contributed by atoms with E-state index in [1.165, 1.54) is 24.8 Å². The molecule has 3 amide bonds. The Morgan fingerprint density at radius 1 is 1.02 bits per heavy atom. The number of aromatic nitrogens is 1. The van der Waals surface area contributed by atoms with Crippen molar-refractivity contribution in [3.05, 3.63) is 28.8 Å². The standard InChI is InChI=1S/C31H47N5O3S/c1-4-22-13-14-24-27(17-22)40-29(34-24)18-25(33-28(37)5-2)31(39)35-26(23-11-7-6-8-12-23)19-32-30(38)21(3)20-36-15-9-10-16-36/h13-14,17,21,23,25-26H,4-12,15-16,18-20H2,1-3H3,(H,32,38)(H,33,37)(H,35,39)/t21?,25-,26?/m0/s1. The summed E-state index contributed by atoms with van der Waals surface area (Å²) in [5.41, 5.74) is 2.17. The Hall–Kier alpha value is -2.52. The number of rotatable bonds is 13. The number of nitrogens with one attached hydrogen (secondary N) is 3. The first-order chi connectivity index (χ1) is 19.4. The average Bonchev–Trinajstić information content (AvgIpc) is 3.63. The molecule has 1 aliphatic carbocycles. The minimum atomic E-state index is -0.713. The number of hydrogen-bond acceptors (Lipinski definition) is 6. The first kappa shape index (κ1) is 30.4. The van der Waals surface area contributed by atoms with E-state index in [2.05, 4.69) is 39.9 Å². The fourth-order valence-electron chi connectivity index (χ4n) is 5.98. The lowest BCUT2D eigenvalue weighted by atomic mass is 9.83. The van der Waals surface area contributed by atoms with E-state index in [0.29, 0.717) is 25.3 Å². The average molecular weight is 570 g/mol. The monoisotopic (exact) mass is 569 g/mol. The lowest BCUT2D eigenvalue weighted by molar-refractivity contribution is -0.130. The van der Waals surface area contributed by atoms with Crippen LogP contribution in [-0.2, 0) is 27.2 Å². The largest absolute Gasteiger partial charge is 0.354 e. The Labute approximate surface area is 243 Å². The fraction of sp³-hybridized carbons (Fsp3) is 0.677. The number of fused-ring (bicyclic) bond motifs is 1. The summed E-state index contributed by atoms with van der Waals surface area (Å²) in [4.78, 5) is 46.2. The van der Waals surface area contributed by atoms with Gasteiger partial charge in [-0.2, -0.15) is 0 Å². The van der Waals surface area contributed by atoms with Crippen LogP contribution in [0.2, 0.25) is 0 Å². The molecule has 1 saturated carbocycles. The Bertz CT molecular complexity index is 1140. The number of hydrogen-bond donors (Lipinski definition) is 3. The van der Waals surface area contributed by atoms with Gasteiger partial charge in [0.2, 0.25) is 17.7 Å². The van der Waals surface area contributed by atoms with Crippen LogP contribution in [0.1, 0.15) is 82.7 Å². The van der Waals surface area contributed by atoms with Gasteiger partial charge in [0.15, 0.2) is 0 Å². The third-order valence-corrected chi connectivity index (χ3v) is 9.52. The molecule has 1 aliphatic heterocycles. The van der Waals surface area contributed by atoms with Gasteiger partial charge in [-0.15, -0.1) is 11.3 Å². The molecule has 1 aromatic heterocycles. The number of benzene rings is 1. The van der Waals surface area contributed by atoms with E-state index in [9.17, 15) is 14.4 Å². The lowest BCUT2D eigenvalue weighted by Gasteiger charge is -2.32. The molecular weight excluding hydrogens is 522 g/mol. The molecule has 1 saturated heterocycles. The van der Waals surface area contributed by atoms with Gasteiger partial charge < -0.3 is 20.9 Å². The molecular formula is C31H47N5O3S. The molecule has 2 fully saturated rings. The fourth-order valence-corrected chi connectivity index (χ4v) is 7.06. The number of nitrogens with zero attached hydrogens (tertiary/aromatic N) is 2. The van der Waals surface area contributed by atoms with Crippen molar-refractivity contribution in [3.8, 4) is 0 Å². The number of carbonyl (C=O) groups excluding carboxylic acids is 3. The number of thiazole rings is 1. The minimum Gasteiger partial charge on any atom is -0.354 e. The normalized spacial score (nSPS) is 18.8. The topological polar surface area (TPSA) is 103 Å². The van der Waals surface area contributed by atoms with Crippen LogP contribution >= 0.6 is 11.3 Å². The van der Waals surface area contributed by atoms with Crippen molar-refractivity contribution in [3.63, 3.8) is 0 Å². The third-order valence-electron chi connectivity index (χ3n) is 8.48. The number of likely N-dealkylation sites (tertiary alicyclic amines) is 1. The van der Waals surface area contributed by atoms with E-state index < -0.39 is 6.04 Å². The minimum absolute atomic E-state index is 0.0405. The summed E-state index contributed by atoms with van der Waals surface area (Å²) in [5, 5.41) is 10.2. The van der Waals surface area contributed by atoms with Crippen LogP contribution in [0.25, 0.3) is 10.2 Å². The van der Waals surface area contributed by atoms with Crippen LogP contribution in [0, 0.1) is 11.8 Å². The predicted molar refractivity (Wildman–Crippen MR) is 161 cm³/mol. The van der Waals surface area contributed by atoms with Crippen LogP contribution in [-0.4, -0.2) is 65.9 Å². The Kier molecular flexibility index (Phi) is 11.4. The third kappa shape index (κ3) is 8.49. The molecule has 3 atom stereocenters. The highest BCUT2D eigenvalue weighted by Crippen LogP contribution is 2.27. The van der Waals surface area contributed by atoms with Gasteiger partial charge in [-0.3, -0.25) is 14.4 Å². The Balaban J connectivity index is 1.44. The summed E-state index contributed by atoms with van der Waals surface area (Å²) in [6.45, 7) is 9.23. The van der Waals surface area contributed by atoms with Crippen molar-refractivity contribution in [2.45, 2.75) is 97.1 Å². The zero-order chi connectivity index (χ0) is 28.5. The van der Waals surface area contributed by atoms with Gasteiger partial charge >= 0.3 is 0 Å². The molecule has 8 nitrogen and oxygen atoms in total. The van der Waals surface area contributed by atoms with Gasteiger partial charge in [0.25, 0.3) is 0 Å². The molecule has 3 N–H and O–H groups in total. The van der Waals surface area contributed by atoms with Crippen LogP contribution in [0.4, 0.5) is 0 Å². The molecule has 220 valence electrons. The molecule has 1 aromatic carbocycles. The molecule has 2 heterocycles. The van der Waals surface area contributed by atoms with Gasteiger partial charge in [-0.1, -0.05) is 46.1 Å². The molecule has 9 heteroatoms. The number of carbonyl (C=O) groups is 3. The van der Waals surface area contributed by atoms with E-state index in [1.807, 2.05) is 13.0 Å². The first-order valence-corrected chi connectivity index (χ1v) is 16.2. The highest BCUT2D eigenvalue weighted by molar-refractivity contribution is 7.18. The Morgan fingerprint density at radius 2 is 1.77 bits per heavy atom. The first-order valence-electron chi connectivity index (χ1n) is 15.3. The molecule has 0 spiro atoms. The second-order valence-electron chi connectivity index (χ2n) is 11.6. The second kappa shape index (κ2) is 14.9. The van der Waals surface area contributed by atoms with E-state index in [4.69, 9.17) is 4.98 Å².